The van der Waals surface area contributed by atoms with E-state index in [1.165, 1.54) is 154 Å². The summed E-state index contributed by atoms with van der Waals surface area (Å²) in [5.41, 5.74) is 0. The average molecular weight is 970 g/mol. The summed E-state index contributed by atoms with van der Waals surface area (Å²) < 4.78 is 58.4. The fourth-order valence-electron chi connectivity index (χ4n) is 9.23. The number of thiophene rings is 1. The third-order valence-corrected chi connectivity index (χ3v) is 15.0. The summed E-state index contributed by atoms with van der Waals surface area (Å²) in [5.74, 6) is 3.69. The monoisotopic (exact) mass is 969 g/mol. The lowest BCUT2D eigenvalue weighted by Gasteiger charge is -2.21. The summed E-state index contributed by atoms with van der Waals surface area (Å²) >= 11 is 0. The summed E-state index contributed by atoms with van der Waals surface area (Å²) in [7, 11) is -1.65. The van der Waals surface area contributed by atoms with Gasteiger partial charge in [-0.05, 0) is 61.4 Å². The largest absolute Gasteiger partial charge is 0.590 e. The number of ether oxygens (including phenoxy) is 6. The van der Waals surface area contributed by atoms with E-state index < -0.39 is 10.8 Å². The molecule has 392 valence electrons. The van der Waals surface area contributed by atoms with Gasteiger partial charge in [-0.25, -0.2) is 0 Å². The summed E-state index contributed by atoms with van der Waals surface area (Å²) in [6, 6.07) is 4.04. The molecular formula is C60H104O7S. The average Bonchev–Trinajstić information content (AvgIpc) is 3.66. The maximum atomic E-state index is 15.7. The second kappa shape index (κ2) is 40.1. The molecule has 1 aromatic heterocycles. The first-order valence-corrected chi connectivity index (χ1v) is 30.3. The first kappa shape index (κ1) is 59.7. The molecular weight excluding hydrogens is 865 g/mol. The molecule has 1 unspecified atom stereocenters. The highest BCUT2D eigenvalue weighted by atomic mass is 32.2. The van der Waals surface area contributed by atoms with Gasteiger partial charge in [0.1, 0.15) is 11.1 Å². The highest BCUT2D eigenvalue weighted by molar-refractivity contribution is 7.38. The lowest BCUT2D eigenvalue weighted by molar-refractivity contribution is 0.222. The zero-order chi connectivity index (χ0) is 48.7. The quantitative estimate of drug-likeness (QED) is 0.0412. The maximum Gasteiger partial charge on any atom is 0.231 e. The number of fused-ring (bicyclic) bond motifs is 3. The van der Waals surface area contributed by atoms with Crippen molar-refractivity contribution in [3.63, 3.8) is 0 Å². The zero-order valence-electron chi connectivity index (χ0n) is 45.1. The Balaban J connectivity index is 2.28. The molecule has 68 heavy (non-hydrogen) atoms. The van der Waals surface area contributed by atoms with Gasteiger partial charge >= 0.3 is 0 Å². The van der Waals surface area contributed by atoms with Gasteiger partial charge in [0.2, 0.25) is 26.6 Å². The van der Waals surface area contributed by atoms with Crippen molar-refractivity contribution in [2.24, 2.45) is 0 Å². The van der Waals surface area contributed by atoms with E-state index in [0.29, 0.717) is 77.8 Å². The molecule has 0 saturated carbocycles. The van der Waals surface area contributed by atoms with Crippen LogP contribution in [0.25, 0.3) is 20.2 Å². The van der Waals surface area contributed by atoms with Crippen LogP contribution in [0.5, 0.6) is 34.5 Å². The molecule has 0 aliphatic carbocycles. The van der Waals surface area contributed by atoms with Crippen LogP contribution in [0.2, 0.25) is 0 Å². The van der Waals surface area contributed by atoms with Crippen molar-refractivity contribution >= 4 is 30.9 Å². The third-order valence-electron chi connectivity index (χ3n) is 13.5. The van der Waals surface area contributed by atoms with Gasteiger partial charge in [0.25, 0.3) is 0 Å². The molecule has 0 aliphatic rings. The van der Waals surface area contributed by atoms with Crippen LogP contribution in [0.1, 0.15) is 273 Å². The Morgan fingerprint density at radius 3 is 0.912 bits per heavy atom. The Labute approximate surface area is 421 Å². The second-order valence-electron chi connectivity index (χ2n) is 19.8. The van der Waals surface area contributed by atoms with Gasteiger partial charge in [-0.1, -0.05) is 234 Å². The molecule has 7 nitrogen and oxygen atoms in total. The van der Waals surface area contributed by atoms with Crippen LogP contribution in [-0.4, -0.2) is 44.2 Å². The second-order valence-corrected chi connectivity index (χ2v) is 21.1. The van der Waals surface area contributed by atoms with E-state index in [4.69, 9.17) is 28.4 Å². The third kappa shape index (κ3) is 22.7. The van der Waals surface area contributed by atoms with Crippen molar-refractivity contribution in [3.8, 4) is 34.5 Å². The van der Waals surface area contributed by atoms with Crippen LogP contribution in [0.3, 0.4) is 0 Å². The van der Waals surface area contributed by atoms with Crippen molar-refractivity contribution < 1.29 is 33.0 Å². The van der Waals surface area contributed by atoms with E-state index in [1.807, 2.05) is 12.1 Å². The molecule has 1 atom stereocenters. The Morgan fingerprint density at radius 2 is 0.544 bits per heavy atom. The maximum absolute atomic E-state index is 15.7. The van der Waals surface area contributed by atoms with Gasteiger partial charge in [0.05, 0.1) is 45.0 Å². The Bertz CT molecular complexity index is 1670. The van der Waals surface area contributed by atoms with E-state index in [9.17, 15) is 0 Å². The molecule has 0 spiro atoms. The van der Waals surface area contributed by atoms with Crippen molar-refractivity contribution in [2.45, 2.75) is 273 Å². The van der Waals surface area contributed by atoms with E-state index in [2.05, 4.69) is 41.5 Å². The van der Waals surface area contributed by atoms with E-state index >= 15 is 4.55 Å². The van der Waals surface area contributed by atoms with Gasteiger partial charge in [-0.2, -0.15) is 0 Å². The number of rotatable bonds is 48. The van der Waals surface area contributed by atoms with Crippen LogP contribution in [0.4, 0.5) is 0 Å². The standard InChI is InChI=1S/C60H104O7S/c1-7-13-19-25-31-37-45-62-51-43-44-52(63-46-38-32-26-20-14-8-2)59-53(51)54-55(64-47-39-33-27-21-15-9-3)56(65-48-40-34-28-22-16-10-4)57(66-49-41-35-29-23-17-11-5)58(60(54)68(59)61)67-50-42-36-30-24-18-12-6/h43-44H,7-42,45-50H2,1-6H3. The van der Waals surface area contributed by atoms with Crippen LogP contribution >= 0.6 is 10.8 Å². The number of benzene rings is 2. The molecule has 3 aromatic rings. The van der Waals surface area contributed by atoms with Crippen LogP contribution in [0.15, 0.2) is 12.1 Å². The predicted octanol–water partition coefficient (Wildman–Crippen LogP) is 20.2. The minimum atomic E-state index is -1.65. The topological polar surface area (TPSA) is 78.4 Å². The highest BCUT2D eigenvalue weighted by Crippen LogP contribution is 2.61. The lowest BCUT2D eigenvalue weighted by atomic mass is 10.1. The molecule has 3 rings (SSSR count). The minimum absolute atomic E-state index is 0.511. The minimum Gasteiger partial charge on any atom is -0.590 e. The van der Waals surface area contributed by atoms with Crippen molar-refractivity contribution in [3.05, 3.63) is 12.1 Å². The first-order chi connectivity index (χ1) is 33.6. The number of hydrogen-bond donors (Lipinski definition) is 0. The normalized spacial score (nSPS) is 11.8. The molecule has 1 heterocycles. The molecule has 0 saturated heterocycles. The fraction of sp³-hybridized carbons (Fsp3) is 0.800. The Morgan fingerprint density at radius 1 is 0.279 bits per heavy atom. The Hall–Kier alpha value is -2.58. The molecule has 0 radical (unpaired) electrons. The highest BCUT2D eigenvalue weighted by Gasteiger charge is 2.36. The van der Waals surface area contributed by atoms with Crippen LogP contribution in [-0.2, 0) is 0 Å². The van der Waals surface area contributed by atoms with Gasteiger partial charge in [-0.15, -0.1) is 0 Å². The number of unbranched alkanes of at least 4 members (excludes halogenated alkanes) is 30. The van der Waals surface area contributed by atoms with E-state index in [-0.39, 0.29) is 0 Å². The fourth-order valence-corrected chi connectivity index (χ4v) is 10.8. The van der Waals surface area contributed by atoms with Crippen LogP contribution in [0, 0.1) is 0 Å². The van der Waals surface area contributed by atoms with E-state index in [1.54, 1.807) is 0 Å². The molecule has 0 amide bonds. The molecule has 0 N–H and O–H groups in total. The Kier molecular flexibility index (Phi) is 35.2. The molecule has 2 aromatic carbocycles. The van der Waals surface area contributed by atoms with Crippen molar-refractivity contribution in [2.75, 3.05) is 39.6 Å². The molecule has 0 aliphatic heterocycles. The number of hydrogen-bond acceptors (Lipinski definition) is 7. The van der Waals surface area contributed by atoms with Crippen molar-refractivity contribution in [1.82, 2.24) is 0 Å². The molecule has 8 heteroatoms. The van der Waals surface area contributed by atoms with Gasteiger partial charge in [-0.3, -0.25) is 0 Å². The van der Waals surface area contributed by atoms with Crippen LogP contribution < -0.4 is 28.4 Å². The first-order valence-electron chi connectivity index (χ1n) is 29.2. The summed E-state index contributed by atoms with van der Waals surface area (Å²) in [6.45, 7) is 16.9. The van der Waals surface area contributed by atoms with Gasteiger partial charge in [0.15, 0.2) is 11.5 Å². The molecule has 0 bridgehead atoms. The summed E-state index contributed by atoms with van der Waals surface area (Å²) in [6.07, 6.45) is 41.9. The van der Waals surface area contributed by atoms with E-state index in [0.717, 1.165) is 93.6 Å². The van der Waals surface area contributed by atoms with Gasteiger partial charge in [0, 0.05) is 0 Å². The predicted molar refractivity (Wildman–Crippen MR) is 293 cm³/mol. The smallest absolute Gasteiger partial charge is 0.231 e. The zero-order valence-corrected chi connectivity index (χ0v) is 45.9. The molecule has 0 fully saturated rings. The SMILES string of the molecule is CCCCCCCCOc1c(OCCCCCCCC)c(OCCCCCCCC)c2c(c1OCCCCCCCC)c1c(OCCCCCCCC)ccc(OCCCCCCCC)c1[s+]2[O-]. The summed E-state index contributed by atoms with van der Waals surface area (Å²) in [4.78, 5) is 0. The van der Waals surface area contributed by atoms with Gasteiger partial charge < -0.3 is 33.0 Å². The summed E-state index contributed by atoms with van der Waals surface area (Å²) in [5, 5.41) is 1.58. The van der Waals surface area contributed by atoms with Crippen molar-refractivity contribution in [1.29, 1.82) is 0 Å². The lowest BCUT2D eigenvalue weighted by Crippen LogP contribution is -2.09.